The summed E-state index contributed by atoms with van der Waals surface area (Å²) in [6.45, 7) is 0.489. The van der Waals surface area contributed by atoms with E-state index in [1.807, 2.05) is 36.4 Å². The van der Waals surface area contributed by atoms with Crippen molar-refractivity contribution in [1.29, 1.82) is 0 Å². The second kappa shape index (κ2) is 6.01. The average Bonchev–Trinajstić information content (AvgIpc) is 2.51. The zero-order chi connectivity index (χ0) is 14.7. The van der Waals surface area contributed by atoms with Crippen molar-refractivity contribution in [3.8, 4) is 0 Å². The van der Waals surface area contributed by atoms with Crippen molar-refractivity contribution in [1.82, 2.24) is 4.57 Å². The summed E-state index contributed by atoms with van der Waals surface area (Å²) in [4.78, 5) is 24.7. The van der Waals surface area contributed by atoms with Crippen molar-refractivity contribution in [2.75, 3.05) is 5.75 Å². The monoisotopic (exact) mass is 299 g/mol. The van der Waals surface area contributed by atoms with Gasteiger partial charge in [-0.15, -0.1) is 11.8 Å². The fourth-order valence-corrected chi connectivity index (χ4v) is 3.01. The Morgan fingerprint density at radius 3 is 2.48 bits per heavy atom. The first-order valence-electron chi connectivity index (χ1n) is 6.56. The molecule has 4 nitrogen and oxygen atoms in total. The van der Waals surface area contributed by atoms with Gasteiger partial charge in [-0.3, -0.25) is 4.57 Å². The molecule has 0 amide bonds. The summed E-state index contributed by atoms with van der Waals surface area (Å²) in [5.74, 6) is 0.120. The Kier molecular flexibility index (Phi) is 3.92. The van der Waals surface area contributed by atoms with Crippen molar-refractivity contribution in [3.05, 3.63) is 75.6 Å². The lowest BCUT2D eigenvalue weighted by molar-refractivity contribution is 0.422. The van der Waals surface area contributed by atoms with Gasteiger partial charge in [0.2, 0.25) is 0 Å². The highest BCUT2D eigenvalue weighted by molar-refractivity contribution is 7.99. The Morgan fingerprint density at radius 1 is 0.952 bits per heavy atom. The lowest BCUT2D eigenvalue weighted by Crippen LogP contribution is -2.25. The molecule has 0 N–H and O–H groups in total. The maximum atomic E-state index is 11.9. The minimum atomic E-state index is -0.604. The Morgan fingerprint density at radius 2 is 1.67 bits per heavy atom. The molecule has 0 aliphatic heterocycles. The highest BCUT2D eigenvalue weighted by Crippen LogP contribution is 2.17. The van der Waals surface area contributed by atoms with Gasteiger partial charge in [0.15, 0.2) is 0 Å². The Bertz CT molecular complexity index is 868. The van der Waals surface area contributed by atoms with E-state index < -0.39 is 11.4 Å². The number of aromatic nitrogens is 1. The predicted octanol–water partition coefficient (Wildman–Crippen LogP) is 2.75. The molecule has 106 valence electrons. The summed E-state index contributed by atoms with van der Waals surface area (Å²) in [6, 6.07) is 17.0. The van der Waals surface area contributed by atoms with Crippen LogP contribution in [0, 0.1) is 0 Å². The van der Waals surface area contributed by atoms with Gasteiger partial charge in [-0.25, -0.2) is 9.59 Å². The van der Waals surface area contributed by atoms with Gasteiger partial charge in [0.05, 0.1) is 10.9 Å². The van der Waals surface area contributed by atoms with E-state index in [2.05, 4.69) is 0 Å². The molecule has 2 aromatic carbocycles. The van der Waals surface area contributed by atoms with Crippen LogP contribution in [-0.4, -0.2) is 10.3 Å². The molecule has 0 saturated heterocycles. The van der Waals surface area contributed by atoms with Crippen molar-refractivity contribution >= 4 is 22.7 Å². The van der Waals surface area contributed by atoms with E-state index in [9.17, 15) is 9.59 Å². The van der Waals surface area contributed by atoms with E-state index in [1.165, 1.54) is 4.57 Å². The first kappa shape index (κ1) is 13.7. The number of rotatable bonds is 4. The lowest BCUT2D eigenvalue weighted by Gasteiger charge is -2.08. The molecule has 0 unspecified atom stereocenters. The van der Waals surface area contributed by atoms with Gasteiger partial charge in [0, 0.05) is 17.2 Å². The van der Waals surface area contributed by atoms with Gasteiger partial charge in [0.25, 0.3) is 0 Å². The quantitative estimate of drug-likeness (QED) is 0.695. The number of aryl methyl sites for hydroxylation is 1. The SMILES string of the molecule is O=c1oc(=O)n(CCSc2ccccc2)c2ccccc12. The van der Waals surface area contributed by atoms with Crippen LogP contribution in [-0.2, 0) is 6.54 Å². The summed E-state index contributed by atoms with van der Waals surface area (Å²) in [6.07, 6.45) is 0. The third kappa shape index (κ3) is 2.92. The zero-order valence-electron chi connectivity index (χ0n) is 11.2. The molecule has 21 heavy (non-hydrogen) atoms. The van der Waals surface area contributed by atoms with Gasteiger partial charge < -0.3 is 4.42 Å². The number of hydrogen-bond donors (Lipinski definition) is 0. The summed E-state index contributed by atoms with van der Waals surface area (Å²) < 4.78 is 6.27. The van der Waals surface area contributed by atoms with Gasteiger partial charge in [-0.05, 0) is 24.3 Å². The van der Waals surface area contributed by atoms with Crippen LogP contribution in [0.4, 0.5) is 0 Å². The molecule has 0 saturated carbocycles. The van der Waals surface area contributed by atoms with Crippen LogP contribution in [0.1, 0.15) is 0 Å². The second-order valence-electron chi connectivity index (χ2n) is 4.49. The van der Waals surface area contributed by atoms with Crippen LogP contribution in [0.2, 0.25) is 0 Å². The number of thioether (sulfide) groups is 1. The summed E-state index contributed by atoms with van der Waals surface area (Å²) in [5.41, 5.74) is 0.0370. The highest BCUT2D eigenvalue weighted by Gasteiger charge is 2.08. The molecule has 1 aromatic heterocycles. The first-order chi connectivity index (χ1) is 10.3. The zero-order valence-corrected chi connectivity index (χ0v) is 12.0. The first-order valence-corrected chi connectivity index (χ1v) is 7.55. The number of benzene rings is 2. The normalized spacial score (nSPS) is 10.9. The van der Waals surface area contributed by atoms with Crippen LogP contribution in [0.25, 0.3) is 10.9 Å². The van der Waals surface area contributed by atoms with Crippen LogP contribution in [0.3, 0.4) is 0 Å². The van der Waals surface area contributed by atoms with Gasteiger partial charge in [-0.2, -0.15) is 0 Å². The van der Waals surface area contributed by atoms with E-state index in [-0.39, 0.29) is 0 Å². The van der Waals surface area contributed by atoms with Crippen LogP contribution in [0.15, 0.2) is 73.5 Å². The van der Waals surface area contributed by atoms with Crippen LogP contribution in [0.5, 0.6) is 0 Å². The Hall–Kier alpha value is -2.27. The molecule has 3 aromatic rings. The molecule has 1 heterocycles. The maximum Gasteiger partial charge on any atom is 0.422 e. The van der Waals surface area contributed by atoms with E-state index >= 15 is 0 Å². The maximum absolute atomic E-state index is 11.9. The number of fused-ring (bicyclic) bond motifs is 1. The van der Waals surface area contributed by atoms with Crippen molar-refractivity contribution in [2.24, 2.45) is 0 Å². The third-order valence-corrected chi connectivity index (χ3v) is 4.13. The topological polar surface area (TPSA) is 52.2 Å². The molecule has 0 spiro atoms. The number of nitrogens with zero attached hydrogens (tertiary/aromatic N) is 1. The number of para-hydroxylation sites is 1. The molecule has 0 aliphatic carbocycles. The summed E-state index contributed by atoms with van der Waals surface area (Å²) in [5, 5.41) is 0.432. The molecule has 5 heteroatoms. The Labute approximate surface area is 125 Å². The summed E-state index contributed by atoms with van der Waals surface area (Å²) in [7, 11) is 0. The fraction of sp³-hybridized carbons (Fsp3) is 0.125. The van der Waals surface area contributed by atoms with E-state index in [0.717, 1.165) is 10.6 Å². The highest BCUT2D eigenvalue weighted by atomic mass is 32.2. The average molecular weight is 299 g/mol. The van der Waals surface area contributed by atoms with Crippen molar-refractivity contribution in [3.63, 3.8) is 0 Å². The van der Waals surface area contributed by atoms with Crippen LogP contribution < -0.4 is 11.4 Å². The molecule has 0 fully saturated rings. The van der Waals surface area contributed by atoms with Crippen molar-refractivity contribution in [2.45, 2.75) is 11.4 Å². The Balaban J connectivity index is 1.87. The second-order valence-corrected chi connectivity index (χ2v) is 5.65. The van der Waals surface area contributed by atoms with Gasteiger partial charge >= 0.3 is 11.4 Å². The van der Waals surface area contributed by atoms with E-state index in [1.54, 1.807) is 30.0 Å². The molecule has 3 rings (SSSR count). The molecule has 0 bridgehead atoms. The molecule has 0 aliphatic rings. The molecular weight excluding hydrogens is 286 g/mol. The van der Waals surface area contributed by atoms with Gasteiger partial charge in [0.1, 0.15) is 0 Å². The minimum Gasteiger partial charge on any atom is -0.372 e. The van der Waals surface area contributed by atoms with E-state index in [4.69, 9.17) is 4.42 Å². The van der Waals surface area contributed by atoms with E-state index in [0.29, 0.717) is 17.4 Å². The summed E-state index contributed by atoms with van der Waals surface area (Å²) >= 11 is 1.66. The smallest absolute Gasteiger partial charge is 0.372 e. The number of hydrogen-bond acceptors (Lipinski definition) is 4. The van der Waals surface area contributed by atoms with Crippen LogP contribution >= 0.6 is 11.8 Å². The molecular formula is C16H13NO3S. The predicted molar refractivity (Wildman–Crippen MR) is 83.9 cm³/mol. The van der Waals surface area contributed by atoms with Crippen molar-refractivity contribution < 1.29 is 4.42 Å². The fourth-order valence-electron chi connectivity index (χ4n) is 2.15. The molecule has 0 atom stereocenters. The third-order valence-electron chi connectivity index (χ3n) is 3.14. The standard InChI is InChI=1S/C16H13NO3S/c18-15-13-8-4-5-9-14(13)17(16(19)20-15)10-11-21-12-6-2-1-3-7-12/h1-9H,10-11H2. The lowest BCUT2D eigenvalue weighted by atomic mass is 10.2. The van der Waals surface area contributed by atoms with Gasteiger partial charge in [-0.1, -0.05) is 30.3 Å². The largest absolute Gasteiger partial charge is 0.422 e. The molecule has 0 radical (unpaired) electrons. The minimum absolute atomic E-state index is 0.432.